The highest BCUT2D eigenvalue weighted by Gasteiger charge is 2.29. The number of aromatic nitrogens is 1. The fourth-order valence-electron chi connectivity index (χ4n) is 3.87. The summed E-state index contributed by atoms with van der Waals surface area (Å²) in [6.45, 7) is 0.121. The van der Waals surface area contributed by atoms with Crippen LogP contribution in [-0.4, -0.2) is 41.9 Å². The lowest BCUT2D eigenvalue weighted by atomic mass is 9.98. The van der Waals surface area contributed by atoms with E-state index >= 15 is 0 Å². The maximum absolute atomic E-state index is 12.4. The Morgan fingerprint density at radius 2 is 1.68 bits per heavy atom. The van der Waals surface area contributed by atoms with E-state index in [0.29, 0.717) is 11.4 Å². The summed E-state index contributed by atoms with van der Waals surface area (Å²) < 4.78 is 10.4. The first-order valence-electron chi connectivity index (χ1n) is 9.90. The van der Waals surface area contributed by atoms with E-state index in [-0.39, 0.29) is 18.9 Å². The van der Waals surface area contributed by atoms with Gasteiger partial charge in [-0.3, -0.25) is 0 Å². The Morgan fingerprint density at radius 3 is 2.23 bits per heavy atom. The highest BCUT2D eigenvalue weighted by atomic mass is 16.5. The van der Waals surface area contributed by atoms with Crippen molar-refractivity contribution in [3.63, 3.8) is 0 Å². The molecule has 2 N–H and O–H groups in total. The molecule has 3 aromatic rings. The summed E-state index contributed by atoms with van der Waals surface area (Å²) in [5.74, 6) is -0.809. The molecule has 1 heterocycles. The number of ether oxygens (including phenoxy) is 2. The zero-order chi connectivity index (χ0) is 21.8. The van der Waals surface area contributed by atoms with Gasteiger partial charge < -0.3 is 19.9 Å². The lowest BCUT2D eigenvalue weighted by molar-refractivity contribution is -0.139. The maximum atomic E-state index is 12.4. The van der Waals surface area contributed by atoms with Gasteiger partial charge >= 0.3 is 12.1 Å². The van der Waals surface area contributed by atoms with Crippen LogP contribution in [0.25, 0.3) is 11.1 Å². The van der Waals surface area contributed by atoms with Gasteiger partial charge in [-0.05, 0) is 27.8 Å². The van der Waals surface area contributed by atoms with Crippen LogP contribution >= 0.6 is 0 Å². The number of nitrogens with zero attached hydrogens (tertiary/aromatic N) is 1. The lowest BCUT2D eigenvalue weighted by Crippen LogP contribution is -2.42. The first-order chi connectivity index (χ1) is 15.1. The summed E-state index contributed by atoms with van der Waals surface area (Å²) in [6.07, 6.45) is 0.834. The van der Waals surface area contributed by atoms with Gasteiger partial charge in [-0.15, -0.1) is 0 Å². The summed E-state index contributed by atoms with van der Waals surface area (Å²) in [5, 5.41) is 12.0. The summed E-state index contributed by atoms with van der Waals surface area (Å²) >= 11 is 0. The molecule has 4 rings (SSSR count). The van der Waals surface area contributed by atoms with Gasteiger partial charge in [-0.1, -0.05) is 54.6 Å². The quantitative estimate of drug-likeness (QED) is 0.608. The molecule has 0 fully saturated rings. The topological polar surface area (TPSA) is 97.8 Å². The molecule has 1 amide bonds. The Labute approximate surface area is 179 Å². The standard InChI is InChI=1S/C24H22N2O5/c1-30-22-11-10-15(13-25-22)12-21(23(27)28)26-24(29)31-14-20-18-8-4-2-6-16(18)17-7-3-5-9-19(17)20/h2-11,13,20-21H,12,14H2,1H3,(H,26,29)(H,27,28). The van der Waals surface area contributed by atoms with Crippen molar-refractivity contribution in [2.24, 2.45) is 0 Å². The molecule has 0 saturated heterocycles. The number of benzene rings is 2. The molecular weight excluding hydrogens is 396 g/mol. The third kappa shape index (κ3) is 4.35. The minimum atomic E-state index is -1.15. The summed E-state index contributed by atoms with van der Waals surface area (Å²) in [6, 6.07) is 18.3. The second-order valence-electron chi connectivity index (χ2n) is 7.27. The van der Waals surface area contributed by atoms with Crippen molar-refractivity contribution in [1.82, 2.24) is 10.3 Å². The van der Waals surface area contributed by atoms with Gasteiger partial charge in [0.05, 0.1) is 7.11 Å². The summed E-state index contributed by atoms with van der Waals surface area (Å²) in [5.41, 5.74) is 5.10. The van der Waals surface area contributed by atoms with Gasteiger partial charge in [0.1, 0.15) is 12.6 Å². The normalized spacial score (nSPS) is 13.1. The third-order valence-electron chi connectivity index (χ3n) is 5.38. The molecule has 31 heavy (non-hydrogen) atoms. The van der Waals surface area contributed by atoms with Gasteiger partial charge in [-0.25, -0.2) is 14.6 Å². The van der Waals surface area contributed by atoms with E-state index in [4.69, 9.17) is 9.47 Å². The average molecular weight is 418 g/mol. The van der Waals surface area contributed by atoms with Crippen molar-refractivity contribution in [3.8, 4) is 17.0 Å². The zero-order valence-corrected chi connectivity index (χ0v) is 16.9. The van der Waals surface area contributed by atoms with Crippen LogP contribution in [0.2, 0.25) is 0 Å². The maximum Gasteiger partial charge on any atom is 0.407 e. The number of carboxylic acid groups (broad SMARTS) is 1. The Morgan fingerprint density at radius 1 is 1.03 bits per heavy atom. The number of pyridine rings is 1. The van der Waals surface area contributed by atoms with E-state index in [1.54, 1.807) is 12.1 Å². The molecule has 1 unspecified atom stereocenters. The van der Waals surface area contributed by atoms with Gasteiger partial charge in [0.15, 0.2) is 0 Å². The number of nitrogens with one attached hydrogen (secondary N) is 1. The predicted octanol–water partition coefficient (Wildman–Crippen LogP) is 3.62. The molecule has 0 spiro atoms. The molecule has 0 saturated carbocycles. The SMILES string of the molecule is COc1ccc(CC(NC(=O)OCC2c3ccccc3-c3ccccc32)C(=O)O)cn1. The lowest BCUT2D eigenvalue weighted by Gasteiger charge is -2.17. The molecular formula is C24H22N2O5. The second kappa shape index (κ2) is 8.87. The number of amides is 1. The van der Waals surface area contributed by atoms with Gasteiger partial charge in [0, 0.05) is 24.6 Å². The van der Waals surface area contributed by atoms with Crippen molar-refractivity contribution in [2.45, 2.75) is 18.4 Å². The summed E-state index contributed by atoms with van der Waals surface area (Å²) in [7, 11) is 1.50. The van der Waals surface area contributed by atoms with Crippen LogP contribution in [0.1, 0.15) is 22.6 Å². The zero-order valence-electron chi connectivity index (χ0n) is 16.9. The molecule has 1 aliphatic rings. The van der Waals surface area contributed by atoms with Crippen LogP contribution in [0.5, 0.6) is 5.88 Å². The predicted molar refractivity (Wildman–Crippen MR) is 114 cm³/mol. The molecule has 0 radical (unpaired) electrons. The average Bonchev–Trinajstić information content (AvgIpc) is 3.11. The second-order valence-corrected chi connectivity index (χ2v) is 7.27. The van der Waals surface area contributed by atoms with Crippen molar-refractivity contribution in [3.05, 3.63) is 83.6 Å². The van der Waals surface area contributed by atoms with E-state index in [1.807, 2.05) is 36.4 Å². The number of carbonyl (C=O) groups excluding carboxylic acids is 1. The largest absolute Gasteiger partial charge is 0.481 e. The van der Waals surface area contributed by atoms with E-state index in [9.17, 15) is 14.7 Å². The number of hydrogen-bond donors (Lipinski definition) is 2. The third-order valence-corrected chi connectivity index (χ3v) is 5.38. The molecule has 1 aliphatic carbocycles. The molecule has 7 nitrogen and oxygen atoms in total. The smallest absolute Gasteiger partial charge is 0.407 e. The van der Waals surface area contributed by atoms with Crippen LogP contribution in [0.4, 0.5) is 4.79 Å². The van der Waals surface area contributed by atoms with Crippen molar-refractivity contribution in [1.29, 1.82) is 0 Å². The Hall–Kier alpha value is -3.87. The molecule has 1 atom stereocenters. The molecule has 1 aromatic heterocycles. The Kier molecular flexibility index (Phi) is 5.84. The summed E-state index contributed by atoms with van der Waals surface area (Å²) in [4.78, 5) is 28.1. The number of carbonyl (C=O) groups is 2. The number of methoxy groups -OCH3 is 1. The van der Waals surface area contributed by atoms with E-state index in [2.05, 4.69) is 22.4 Å². The first kappa shape index (κ1) is 20.4. The van der Waals surface area contributed by atoms with E-state index in [0.717, 1.165) is 22.3 Å². The fourth-order valence-corrected chi connectivity index (χ4v) is 3.87. The number of fused-ring (bicyclic) bond motifs is 3. The van der Waals surface area contributed by atoms with Crippen LogP contribution in [0, 0.1) is 0 Å². The molecule has 0 bridgehead atoms. The van der Waals surface area contributed by atoms with Crippen LogP contribution in [-0.2, 0) is 16.0 Å². The number of carboxylic acids is 1. The van der Waals surface area contributed by atoms with Crippen molar-refractivity contribution >= 4 is 12.1 Å². The van der Waals surface area contributed by atoms with Gasteiger partial charge in [-0.2, -0.15) is 0 Å². The van der Waals surface area contributed by atoms with Crippen LogP contribution in [0.15, 0.2) is 66.9 Å². The number of hydrogen-bond acceptors (Lipinski definition) is 5. The fraction of sp³-hybridized carbons (Fsp3) is 0.208. The van der Waals surface area contributed by atoms with Crippen molar-refractivity contribution in [2.75, 3.05) is 13.7 Å². The first-order valence-corrected chi connectivity index (χ1v) is 9.90. The Balaban J connectivity index is 1.41. The Bertz CT molecular complexity index is 1050. The van der Waals surface area contributed by atoms with Crippen LogP contribution < -0.4 is 10.1 Å². The molecule has 158 valence electrons. The minimum Gasteiger partial charge on any atom is -0.481 e. The highest BCUT2D eigenvalue weighted by Crippen LogP contribution is 2.44. The molecule has 7 heteroatoms. The van der Waals surface area contributed by atoms with Gasteiger partial charge in [0.25, 0.3) is 0 Å². The number of rotatable bonds is 7. The van der Waals surface area contributed by atoms with Gasteiger partial charge in [0.2, 0.25) is 5.88 Å². The van der Waals surface area contributed by atoms with E-state index in [1.165, 1.54) is 13.3 Å². The highest BCUT2D eigenvalue weighted by molar-refractivity contribution is 5.81. The van der Waals surface area contributed by atoms with E-state index < -0.39 is 18.1 Å². The minimum absolute atomic E-state index is 0.0799. The number of aliphatic carboxylic acids is 1. The molecule has 2 aromatic carbocycles. The molecule has 0 aliphatic heterocycles. The number of alkyl carbamates (subject to hydrolysis) is 1. The van der Waals surface area contributed by atoms with Crippen molar-refractivity contribution < 1.29 is 24.2 Å². The monoisotopic (exact) mass is 418 g/mol. The van der Waals surface area contributed by atoms with Crippen LogP contribution in [0.3, 0.4) is 0 Å².